The topological polar surface area (TPSA) is 90.0 Å². The van der Waals surface area contributed by atoms with Gasteiger partial charge in [-0.15, -0.1) is 6.58 Å². The summed E-state index contributed by atoms with van der Waals surface area (Å²) in [5.41, 5.74) is -0.101. The van der Waals surface area contributed by atoms with E-state index < -0.39 is 45.3 Å². The van der Waals surface area contributed by atoms with Crippen LogP contribution in [0.3, 0.4) is 0 Å². The molecule has 0 N–H and O–H groups in total. The van der Waals surface area contributed by atoms with Crippen molar-refractivity contribution in [3.63, 3.8) is 0 Å². The third kappa shape index (κ3) is 6.04. The monoisotopic (exact) mass is 541 g/mol. The van der Waals surface area contributed by atoms with Crippen molar-refractivity contribution >= 4 is 33.3 Å². The van der Waals surface area contributed by atoms with Gasteiger partial charge in [0.1, 0.15) is 12.4 Å². The molecule has 1 aliphatic rings. The molecule has 1 heterocycles. The average Bonchev–Trinajstić information content (AvgIpc) is 2.86. The minimum atomic E-state index is -3.68. The van der Waals surface area contributed by atoms with Gasteiger partial charge in [0.15, 0.2) is 21.4 Å². The molecular weight excluding hydrogens is 516 g/mol. The molecule has 194 valence electrons. The van der Waals surface area contributed by atoms with E-state index in [-0.39, 0.29) is 48.0 Å². The van der Waals surface area contributed by atoms with Gasteiger partial charge >= 0.3 is 11.9 Å². The highest BCUT2D eigenvalue weighted by atomic mass is 35.5. The molecule has 0 aromatic heterocycles. The van der Waals surface area contributed by atoms with Crippen LogP contribution in [0.1, 0.15) is 30.7 Å². The van der Waals surface area contributed by atoms with E-state index in [4.69, 9.17) is 16.3 Å². The number of methoxy groups -OCH3 is 1. The van der Waals surface area contributed by atoms with E-state index in [0.717, 1.165) is 19.2 Å². The van der Waals surface area contributed by atoms with E-state index in [9.17, 15) is 26.8 Å². The number of nitrogens with zero attached hydrogens (tertiary/aromatic N) is 1. The summed E-state index contributed by atoms with van der Waals surface area (Å²) < 4.78 is 65.2. The summed E-state index contributed by atoms with van der Waals surface area (Å²) in [7, 11) is -2.62. The van der Waals surface area contributed by atoms with Crippen molar-refractivity contribution < 1.29 is 36.3 Å². The van der Waals surface area contributed by atoms with Crippen LogP contribution in [0.4, 0.5) is 8.78 Å². The number of carbonyl (C=O) groups is 2. The van der Waals surface area contributed by atoms with Gasteiger partial charge in [0.05, 0.1) is 23.8 Å². The summed E-state index contributed by atoms with van der Waals surface area (Å²) >= 11 is 5.84. The second kappa shape index (κ2) is 11.8. The number of benzene rings is 2. The molecule has 0 saturated carbocycles. The van der Waals surface area contributed by atoms with Crippen LogP contribution >= 0.6 is 11.6 Å². The van der Waals surface area contributed by atoms with Crippen molar-refractivity contribution in [2.45, 2.75) is 36.1 Å². The Morgan fingerprint density at radius 2 is 1.86 bits per heavy atom. The Morgan fingerprint density at radius 1 is 1.19 bits per heavy atom. The Morgan fingerprint density at radius 3 is 2.50 bits per heavy atom. The van der Waals surface area contributed by atoms with Gasteiger partial charge in [0.2, 0.25) is 0 Å². The Balaban J connectivity index is 1.94. The first kappa shape index (κ1) is 27.6. The number of rotatable bonds is 9. The summed E-state index contributed by atoms with van der Waals surface area (Å²) in [5, 5.41) is 0.392. The van der Waals surface area contributed by atoms with Gasteiger partial charge in [-0.05, 0) is 55.7 Å². The van der Waals surface area contributed by atoms with E-state index in [2.05, 4.69) is 11.3 Å². The summed E-state index contributed by atoms with van der Waals surface area (Å²) in [4.78, 5) is 26.2. The third-order valence-corrected chi connectivity index (χ3v) is 8.09. The molecule has 0 fully saturated rings. The molecule has 2 aromatic rings. The number of halogens is 3. The highest BCUT2D eigenvalue weighted by molar-refractivity contribution is 7.91. The van der Waals surface area contributed by atoms with Gasteiger partial charge in [-0.1, -0.05) is 17.7 Å². The molecule has 7 nitrogen and oxygen atoms in total. The number of hydrogen-bond acceptors (Lipinski definition) is 6. The van der Waals surface area contributed by atoms with E-state index >= 15 is 0 Å². The van der Waals surface area contributed by atoms with E-state index in [1.165, 1.54) is 29.2 Å². The first-order valence-electron chi connectivity index (χ1n) is 11.2. The zero-order valence-corrected chi connectivity index (χ0v) is 21.2. The molecule has 0 spiro atoms. The third-order valence-electron chi connectivity index (χ3n) is 6.02. The standard InChI is InChI=1S/C25H26ClF2NO6S/c1-3-4-13-29(24(30)25(31)34-2)21-15-35-23-20(28)12-11-19(27)22(23)18(21)6-5-14-36(32,33)17-9-7-16(26)8-10-17/h3,7-12,18,21H,1,4-6,13-15H2,2H3/t18?,21-/m0/s1. The number of carbonyl (C=O) groups excluding carboxylic acids is 2. The number of sulfone groups is 1. The van der Waals surface area contributed by atoms with Crippen LogP contribution < -0.4 is 4.74 Å². The Kier molecular flexibility index (Phi) is 9.08. The molecule has 2 aromatic carbocycles. The maximum absolute atomic E-state index is 15.0. The van der Waals surface area contributed by atoms with Gasteiger partial charge < -0.3 is 14.4 Å². The quantitative estimate of drug-likeness (QED) is 0.267. The Labute approximate surface area is 213 Å². The lowest BCUT2D eigenvalue weighted by atomic mass is 9.84. The van der Waals surface area contributed by atoms with Crippen LogP contribution in [0.25, 0.3) is 0 Å². The fourth-order valence-electron chi connectivity index (χ4n) is 4.27. The second-order valence-electron chi connectivity index (χ2n) is 8.24. The molecule has 0 saturated heterocycles. The molecule has 3 rings (SSSR count). The lowest BCUT2D eigenvalue weighted by Gasteiger charge is -2.40. The molecule has 1 aliphatic heterocycles. The van der Waals surface area contributed by atoms with Crippen molar-refractivity contribution in [3.8, 4) is 5.75 Å². The van der Waals surface area contributed by atoms with E-state index in [1.54, 1.807) is 6.08 Å². The van der Waals surface area contributed by atoms with Gasteiger partial charge in [-0.2, -0.15) is 0 Å². The fraction of sp³-hybridized carbons (Fsp3) is 0.360. The number of hydrogen-bond donors (Lipinski definition) is 0. The Bertz CT molecular complexity index is 1240. The first-order chi connectivity index (χ1) is 17.1. The van der Waals surface area contributed by atoms with E-state index in [1.807, 2.05) is 0 Å². The zero-order valence-electron chi connectivity index (χ0n) is 19.6. The van der Waals surface area contributed by atoms with Crippen molar-refractivity contribution in [2.24, 2.45) is 0 Å². The summed E-state index contributed by atoms with van der Waals surface area (Å²) in [6, 6.07) is 6.73. The largest absolute Gasteiger partial charge is 0.488 e. The van der Waals surface area contributed by atoms with Gasteiger partial charge in [0.25, 0.3) is 0 Å². The normalized spacial score (nSPS) is 17.0. The lowest BCUT2D eigenvalue weighted by molar-refractivity contribution is -0.160. The average molecular weight is 542 g/mol. The van der Waals surface area contributed by atoms with Gasteiger partial charge in [-0.3, -0.25) is 4.79 Å². The van der Waals surface area contributed by atoms with E-state index in [0.29, 0.717) is 11.4 Å². The van der Waals surface area contributed by atoms with Gasteiger partial charge in [0, 0.05) is 23.0 Å². The smallest absolute Gasteiger partial charge is 0.396 e. The van der Waals surface area contributed by atoms with Crippen LogP contribution in [-0.4, -0.2) is 57.3 Å². The van der Waals surface area contributed by atoms with Crippen molar-refractivity contribution in [1.82, 2.24) is 4.90 Å². The molecule has 1 amide bonds. The van der Waals surface area contributed by atoms with Crippen molar-refractivity contribution in [1.29, 1.82) is 0 Å². The molecule has 11 heteroatoms. The number of esters is 1. The molecule has 0 aliphatic carbocycles. The predicted octanol–water partition coefficient (Wildman–Crippen LogP) is 4.29. The summed E-state index contributed by atoms with van der Waals surface area (Å²) in [6.07, 6.45) is 2.01. The highest BCUT2D eigenvalue weighted by Crippen LogP contribution is 2.42. The lowest BCUT2D eigenvalue weighted by Crippen LogP contribution is -2.52. The molecule has 0 radical (unpaired) electrons. The van der Waals surface area contributed by atoms with Crippen molar-refractivity contribution in [2.75, 3.05) is 26.0 Å². The summed E-state index contributed by atoms with van der Waals surface area (Å²) in [6.45, 7) is 3.46. The number of fused-ring (bicyclic) bond motifs is 1. The van der Waals surface area contributed by atoms with Crippen LogP contribution in [0.5, 0.6) is 5.75 Å². The van der Waals surface area contributed by atoms with Crippen LogP contribution in [0, 0.1) is 11.6 Å². The molecule has 36 heavy (non-hydrogen) atoms. The number of ether oxygens (including phenoxy) is 2. The van der Waals surface area contributed by atoms with Crippen molar-refractivity contribution in [3.05, 3.63) is 71.3 Å². The maximum Gasteiger partial charge on any atom is 0.396 e. The fourth-order valence-corrected chi connectivity index (χ4v) is 5.73. The zero-order chi connectivity index (χ0) is 26.5. The van der Waals surface area contributed by atoms with Crippen LogP contribution in [0.2, 0.25) is 5.02 Å². The maximum atomic E-state index is 15.0. The molecule has 1 unspecified atom stereocenters. The predicted molar refractivity (Wildman–Crippen MR) is 130 cm³/mol. The van der Waals surface area contributed by atoms with Crippen LogP contribution in [0.15, 0.2) is 53.9 Å². The SMILES string of the molecule is C=CCCN(C(=O)C(=O)OC)[C@H]1COc2c(F)ccc(F)c2C1CCCS(=O)(=O)c1ccc(Cl)cc1. The van der Waals surface area contributed by atoms with Gasteiger partial charge in [-0.25, -0.2) is 22.0 Å². The molecular formula is C25H26ClF2NO6S. The molecule has 0 bridgehead atoms. The second-order valence-corrected chi connectivity index (χ2v) is 10.8. The minimum Gasteiger partial charge on any atom is -0.488 e. The highest BCUT2D eigenvalue weighted by Gasteiger charge is 2.41. The minimum absolute atomic E-state index is 0.0529. The summed E-state index contributed by atoms with van der Waals surface area (Å²) in [5.74, 6) is -5.02. The first-order valence-corrected chi connectivity index (χ1v) is 13.2. The number of amides is 1. The Hall–Kier alpha value is -2.98. The molecule has 2 atom stereocenters. The van der Waals surface area contributed by atoms with Crippen LogP contribution in [-0.2, 0) is 24.2 Å².